The maximum atomic E-state index is 12.8. The molecule has 31 heavy (non-hydrogen) atoms. The lowest BCUT2D eigenvalue weighted by atomic mass is 9.98. The smallest absolute Gasteiger partial charge is 0.206 e. The van der Waals surface area contributed by atoms with Crippen molar-refractivity contribution in [1.29, 1.82) is 0 Å². The van der Waals surface area contributed by atoms with Crippen molar-refractivity contribution < 1.29 is 8.42 Å². The number of tetrazole rings is 1. The first-order valence-electron chi connectivity index (χ1n) is 9.90. The van der Waals surface area contributed by atoms with E-state index in [-0.39, 0.29) is 10.7 Å². The Balaban J connectivity index is 0.00000132. The second-order valence-corrected chi connectivity index (χ2v) is 8.85. The Kier molecular flexibility index (Phi) is 7.72. The molecule has 0 amide bonds. The van der Waals surface area contributed by atoms with Gasteiger partial charge in [-0.1, -0.05) is 45.0 Å². The fraction of sp³-hybridized carbons (Fsp3) is 0.238. The van der Waals surface area contributed by atoms with Gasteiger partial charge in [0, 0.05) is 22.9 Å². The van der Waals surface area contributed by atoms with E-state index in [1.807, 2.05) is 57.2 Å². The number of benzene rings is 2. The summed E-state index contributed by atoms with van der Waals surface area (Å²) in [7, 11) is -3.25. The van der Waals surface area contributed by atoms with Crippen LogP contribution in [-0.4, -0.2) is 39.8 Å². The molecule has 4 rings (SSSR count). The number of hydrogen-bond donors (Lipinski definition) is 2. The van der Waals surface area contributed by atoms with Crippen LogP contribution in [-0.2, 0) is 21.8 Å². The van der Waals surface area contributed by atoms with Gasteiger partial charge in [0.15, 0.2) is 0 Å². The van der Waals surface area contributed by atoms with Gasteiger partial charge in [0.1, 0.15) is 11.0 Å². The summed E-state index contributed by atoms with van der Waals surface area (Å²) in [4.78, 5) is 5.09. The van der Waals surface area contributed by atoms with Crippen LogP contribution in [0.5, 0.6) is 0 Å². The third-order valence-electron chi connectivity index (χ3n) is 4.44. The summed E-state index contributed by atoms with van der Waals surface area (Å²) >= 11 is 0. The SMILES string of the molecule is CC.CCCS(=O)c1ccc(-c2ccc3cccnc3c2)c(-c2nn[nH]n2)c1S(N)=O. The van der Waals surface area contributed by atoms with E-state index in [1.165, 1.54) is 0 Å². The van der Waals surface area contributed by atoms with Crippen molar-refractivity contribution >= 4 is 32.7 Å². The molecular formula is C21H24N6O2S2. The molecule has 0 bridgehead atoms. The number of H-pyrrole nitrogens is 1. The first-order chi connectivity index (χ1) is 15.1. The summed E-state index contributed by atoms with van der Waals surface area (Å²) in [6.07, 6.45) is 2.45. The highest BCUT2D eigenvalue weighted by Gasteiger charge is 2.24. The Morgan fingerprint density at radius 3 is 2.58 bits per heavy atom. The molecular weight excluding hydrogens is 432 g/mol. The van der Waals surface area contributed by atoms with Crippen LogP contribution >= 0.6 is 0 Å². The van der Waals surface area contributed by atoms with E-state index in [4.69, 9.17) is 5.14 Å². The van der Waals surface area contributed by atoms with Crippen molar-refractivity contribution in [3.05, 3.63) is 48.7 Å². The Bertz CT molecular complexity index is 1230. The van der Waals surface area contributed by atoms with E-state index in [2.05, 4.69) is 25.6 Å². The van der Waals surface area contributed by atoms with E-state index in [9.17, 15) is 8.42 Å². The Hall–Kier alpha value is -2.82. The van der Waals surface area contributed by atoms with Crippen LogP contribution in [0, 0.1) is 0 Å². The second-order valence-electron chi connectivity index (χ2n) is 6.31. The molecule has 162 valence electrons. The van der Waals surface area contributed by atoms with E-state index in [0.29, 0.717) is 21.8 Å². The zero-order valence-electron chi connectivity index (χ0n) is 17.5. The molecule has 2 atom stereocenters. The predicted molar refractivity (Wildman–Crippen MR) is 124 cm³/mol. The van der Waals surface area contributed by atoms with Gasteiger partial charge in [0.2, 0.25) is 5.82 Å². The van der Waals surface area contributed by atoms with Gasteiger partial charge in [-0.15, -0.1) is 10.2 Å². The number of fused-ring (bicyclic) bond motifs is 1. The van der Waals surface area contributed by atoms with Gasteiger partial charge in [0.25, 0.3) is 0 Å². The highest BCUT2D eigenvalue weighted by atomic mass is 32.2. The van der Waals surface area contributed by atoms with E-state index >= 15 is 0 Å². The third-order valence-corrected chi connectivity index (χ3v) is 7.01. The highest BCUT2D eigenvalue weighted by molar-refractivity contribution is 7.87. The Morgan fingerprint density at radius 1 is 1.10 bits per heavy atom. The minimum absolute atomic E-state index is 0.241. The number of rotatable bonds is 6. The molecule has 0 aliphatic heterocycles. The maximum Gasteiger partial charge on any atom is 0.206 e. The molecule has 0 saturated heterocycles. The molecule has 0 spiro atoms. The number of nitrogens with two attached hydrogens (primary N) is 1. The van der Waals surface area contributed by atoms with Gasteiger partial charge in [-0.05, 0) is 41.0 Å². The molecule has 3 N–H and O–H groups in total. The molecule has 2 aromatic heterocycles. The van der Waals surface area contributed by atoms with E-state index < -0.39 is 21.8 Å². The van der Waals surface area contributed by atoms with Crippen LogP contribution in [0.15, 0.2) is 58.5 Å². The summed E-state index contributed by atoms with van der Waals surface area (Å²) in [6, 6.07) is 13.2. The molecule has 0 saturated carbocycles. The molecule has 0 aliphatic carbocycles. The fourth-order valence-electron chi connectivity index (χ4n) is 3.20. The summed E-state index contributed by atoms with van der Waals surface area (Å²) in [5, 5.41) is 21.0. The monoisotopic (exact) mass is 456 g/mol. The van der Waals surface area contributed by atoms with Gasteiger partial charge >= 0.3 is 0 Å². The summed E-state index contributed by atoms with van der Waals surface area (Å²) in [6.45, 7) is 5.94. The van der Waals surface area contributed by atoms with Gasteiger partial charge in [-0.25, -0.2) is 9.35 Å². The zero-order valence-corrected chi connectivity index (χ0v) is 19.2. The molecule has 2 unspecified atom stereocenters. The van der Waals surface area contributed by atoms with Crippen LogP contribution in [0.25, 0.3) is 33.4 Å². The number of aromatic nitrogens is 5. The molecule has 8 nitrogen and oxygen atoms in total. The van der Waals surface area contributed by atoms with Gasteiger partial charge in [-0.2, -0.15) is 5.21 Å². The average Bonchev–Trinajstić information content (AvgIpc) is 3.34. The van der Waals surface area contributed by atoms with Crippen molar-refractivity contribution in [2.45, 2.75) is 37.0 Å². The molecule has 2 aromatic carbocycles. The first kappa shape index (κ1) is 22.9. The zero-order chi connectivity index (χ0) is 22.4. The average molecular weight is 457 g/mol. The fourth-order valence-corrected chi connectivity index (χ4v) is 5.52. The first-order valence-corrected chi connectivity index (χ1v) is 12.4. The van der Waals surface area contributed by atoms with E-state index in [0.717, 1.165) is 22.9 Å². The molecule has 10 heteroatoms. The Labute approximate surface area is 185 Å². The van der Waals surface area contributed by atoms with Crippen LogP contribution in [0.2, 0.25) is 0 Å². The molecule has 4 aromatic rings. The number of hydrogen-bond acceptors (Lipinski definition) is 6. The van der Waals surface area contributed by atoms with Crippen molar-refractivity contribution in [2.75, 3.05) is 5.75 Å². The number of nitrogens with zero attached hydrogens (tertiary/aromatic N) is 4. The van der Waals surface area contributed by atoms with Crippen molar-refractivity contribution in [3.63, 3.8) is 0 Å². The van der Waals surface area contributed by atoms with Crippen molar-refractivity contribution in [2.24, 2.45) is 5.14 Å². The standard InChI is InChI=1S/C19H18N6O2S2.C2H6/c1-2-10-28(26)16-8-7-14(13-6-5-12-4-3-9-21-15(12)11-13)17(18(16)29(20)27)19-22-24-25-23-19;1-2/h3-9,11H,2,10,20H2,1H3,(H,22,23,24,25);1-2H3. The van der Waals surface area contributed by atoms with Gasteiger partial charge < -0.3 is 0 Å². The quantitative estimate of drug-likeness (QED) is 0.456. The second kappa shape index (κ2) is 10.5. The normalized spacial score (nSPS) is 12.8. The third kappa shape index (κ3) is 4.76. The number of aromatic amines is 1. The maximum absolute atomic E-state index is 12.8. The van der Waals surface area contributed by atoms with Crippen molar-refractivity contribution in [3.8, 4) is 22.5 Å². The van der Waals surface area contributed by atoms with Crippen LogP contribution in [0.3, 0.4) is 0 Å². The topological polar surface area (TPSA) is 128 Å². The highest BCUT2D eigenvalue weighted by Crippen LogP contribution is 2.38. The summed E-state index contributed by atoms with van der Waals surface area (Å²) in [5.41, 5.74) is 2.82. The molecule has 0 fully saturated rings. The van der Waals surface area contributed by atoms with Crippen LogP contribution in [0.4, 0.5) is 0 Å². The van der Waals surface area contributed by atoms with Gasteiger partial charge in [0.05, 0.1) is 26.1 Å². The minimum Gasteiger partial charge on any atom is -0.256 e. The minimum atomic E-state index is -1.90. The summed E-state index contributed by atoms with van der Waals surface area (Å²) in [5.74, 6) is 0.681. The van der Waals surface area contributed by atoms with Crippen molar-refractivity contribution in [1.82, 2.24) is 25.6 Å². The lowest BCUT2D eigenvalue weighted by molar-refractivity contribution is 0.674. The van der Waals surface area contributed by atoms with Crippen LogP contribution < -0.4 is 5.14 Å². The predicted octanol–water partition coefficient (Wildman–Crippen LogP) is 3.61. The molecule has 0 aliphatic rings. The largest absolute Gasteiger partial charge is 0.256 e. The molecule has 2 heterocycles. The van der Waals surface area contributed by atoms with Gasteiger partial charge in [-0.3, -0.25) is 9.19 Å². The Morgan fingerprint density at radius 2 is 1.90 bits per heavy atom. The lowest BCUT2D eigenvalue weighted by Gasteiger charge is -2.15. The van der Waals surface area contributed by atoms with E-state index in [1.54, 1.807) is 12.3 Å². The summed E-state index contributed by atoms with van der Waals surface area (Å²) < 4.78 is 25.3. The lowest BCUT2D eigenvalue weighted by Crippen LogP contribution is -2.12. The molecule has 0 radical (unpaired) electrons. The number of pyridine rings is 1. The van der Waals surface area contributed by atoms with Crippen LogP contribution in [0.1, 0.15) is 27.2 Å². The number of nitrogens with one attached hydrogen (secondary N) is 1.